The Morgan fingerprint density at radius 2 is 2.05 bits per heavy atom. The van der Waals surface area contributed by atoms with Crippen molar-refractivity contribution in [2.24, 2.45) is 0 Å². The molecule has 0 spiro atoms. The molecule has 1 aromatic carbocycles. The van der Waals surface area contributed by atoms with Crippen LogP contribution >= 0.6 is 11.6 Å². The molecule has 21 heavy (non-hydrogen) atoms. The summed E-state index contributed by atoms with van der Waals surface area (Å²) in [6.07, 6.45) is 0.475. The number of benzene rings is 1. The van der Waals surface area contributed by atoms with Crippen LogP contribution in [0.3, 0.4) is 0 Å². The summed E-state index contributed by atoms with van der Waals surface area (Å²) in [5.74, 6) is -1.12. The van der Waals surface area contributed by atoms with Gasteiger partial charge in [0, 0.05) is 11.6 Å². The molecular formula is C12H14ClN3O4S. The van der Waals surface area contributed by atoms with E-state index in [1.165, 1.54) is 0 Å². The van der Waals surface area contributed by atoms with Gasteiger partial charge in [-0.05, 0) is 24.1 Å². The van der Waals surface area contributed by atoms with E-state index in [4.69, 9.17) is 11.6 Å². The van der Waals surface area contributed by atoms with E-state index in [1.54, 1.807) is 18.2 Å². The zero-order valence-electron chi connectivity index (χ0n) is 10.9. The van der Waals surface area contributed by atoms with E-state index in [2.05, 4.69) is 10.0 Å². The van der Waals surface area contributed by atoms with Gasteiger partial charge in [0.1, 0.15) is 6.04 Å². The zero-order chi connectivity index (χ0) is 15.5. The number of carbonyl (C=O) groups is 2. The number of halogens is 1. The molecule has 1 aliphatic rings. The number of nitrogens with one attached hydrogen (secondary N) is 3. The lowest BCUT2D eigenvalue weighted by Crippen LogP contribution is -2.41. The maximum absolute atomic E-state index is 11.8. The Kier molecular flexibility index (Phi) is 4.81. The van der Waals surface area contributed by atoms with Gasteiger partial charge in [-0.1, -0.05) is 23.7 Å². The van der Waals surface area contributed by atoms with Gasteiger partial charge >= 0.3 is 6.03 Å². The van der Waals surface area contributed by atoms with Crippen molar-refractivity contribution in [2.45, 2.75) is 12.5 Å². The first-order chi connectivity index (χ1) is 9.85. The van der Waals surface area contributed by atoms with Gasteiger partial charge in [-0.15, -0.1) is 0 Å². The van der Waals surface area contributed by atoms with Gasteiger partial charge in [0.25, 0.3) is 5.91 Å². The van der Waals surface area contributed by atoms with E-state index in [-0.39, 0.29) is 6.54 Å². The number of carbonyl (C=O) groups excluding carboxylic acids is 2. The molecule has 0 radical (unpaired) electrons. The number of rotatable bonds is 6. The lowest BCUT2D eigenvalue weighted by molar-refractivity contribution is -0.119. The minimum atomic E-state index is -3.66. The second-order valence-electron chi connectivity index (χ2n) is 4.57. The monoisotopic (exact) mass is 331 g/mol. The maximum Gasteiger partial charge on any atom is 0.322 e. The SMILES string of the molecule is O=C1NC(=O)[C@H](CS(=O)(=O)NCCc2cccc(Cl)c2)N1. The molecule has 0 aromatic heterocycles. The summed E-state index contributed by atoms with van der Waals surface area (Å²) < 4.78 is 26.0. The molecule has 1 fully saturated rings. The normalized spacial score (nSPS) is 18.4. The molecule has 3 amide bonds. The van der Waals surface area contributed by atoms with Crippen molar-refractivity contribution in [3.63, 3.8) is 0 Å². The molecule has 0 bridgehead atoms. The molecule has 1 saturated heterocycles. The van der Waals surface area contributed by atoms with Crippen LogP contribution in [0.15, 0.2) is 24.3 Å². The fourth-order valence-corrected chi connectivity index (χ4v) is 3.32. The van der Waals surface area contributed by atoms with Crippen molar-refractivity contribution >= 4 is 33.6 Å². The van der Waals surface area contributed by atoms with E-state index in [0.29, 0.717) is 11.4 Å². The third kappa shape index (κ3) is 4.69. The number of urea groups is 1. The van der Waals surface area contributed by atoms with E-state index < -0.39 is 33.8 Å². The summed E-state index contributed by atoms with van der Waals surface area (Å²) in [4.78, 5) is 22.2. The van der Waals surface area contributed by atoms with Crippen LogP contribution < -0.4 is 15.4 Å². The topological polar surface area (TPSA) is 104 Å². The Balaban J connectivity index is 1.84. The minimum Gasteiger partial charge on any atom is -0.325 e. The number of hydrogen-bond donors (Lipinski definition) is 3. The molecule has 2 rings (SSSR count). The molecule has 9 heteroatoms. The quantitative estimate of drug-likeness (QED) is 0.639. The molecule has 7 nitrogen and oxygen atoms in total. The zero-order valence-corrected chi connectivity index (χ0v) is 12.5. The highest BCUT2D eigenvalue weighted by Gasteiger charge is 2.33. The van der Waals surface area contributed by atoms with Crippen molar-refractivity contribution in [3.8, 4) is 0 Å². The summed E-state index contributed by atoms with van der Waals surface area (Å²) in [6, 6.07) is 5.37. The van der Waals surface area contributed by atoms with E-state index in [9.17, 15) is 18.0 Å². The Bertz CT molecular complexity index is 662. The van der Waals surface area contributed by atoms with E-state index in [1.807, 2.05) is 11.4 Å². The highest BCUT2D eigenvalue weighted by atomic mass is 35.5. The molecule has 0 aliphatic carbocycles. The molecule has 0 unspecified atom stereocenters. The molecule has 1 atom stereocenters. The lowest BCUT2D eigenvalue weighted by atomic mass is 10.2. The summed E-state index contributed by atoms with van der Waals surface area (Å²) in [7, 11) is -3.66. The van der Waals surface area contributed by atoms with Crippen molar-refractivity contribution in [1.82, 2.24) is 15.4 Å². The van der Waals surface area contributed by atoms with Crippen LogP contribution in [-0.4, -0.2) is 38.7 Å². The van der Waals surface area contributed by atoms with Crippen molar-refractivity contribution in [3.05, 3.63) is 34.9 Å². The highest BCUT2D eigenvalue weighted by molar-refractivity contribution is 7.89. The first-order valence-electron chi connectivity index (χ1n) is 6.19. The second kappa shape index (κ2) is 6.42. The van der Waals surface area contributed by atoms with Gasteiger partial charge in [-0.25, -0.2) is 17.9 Å². The maximum atomic E-state index is 11.8. The summed E-state index contributed by atoms with van der Waals surface area (Å²) in [6.45, 7) is 0.185. The fourth-order valence-electron chi connectivity index (χ4n) is 1.90. The molecular weight excluding hydrogens is 318 g/mol. The average Bonchev–Trinajstić information content (AvgIpc) is 2.66. The molecule has 1 heterocycles. The van der Waals surface area contributed by atoms with Crippen molar-refractivity contribution in [1.29, 1.82) is 0 Å². The number of sulfonamides is 1. The van der Waals surface area contributed by atoms with Crippen LogP contribution in [-0.2, 0) is 21.2 Å². The van der Waals surface area contributed by atoms with Crippen LogP contribution in [0.2, 0.25) is 5.02 Å². The Hall–Kier alpha value is -1.64. The molecule has 114 valence electrons. The third-order valence-electron chi connectivity index (χ3n) is 2.87. The number of hydrogen-bond acceptors (Lipinski definition) is 4. The van der Waals surface area contributed by atoms with Crippen molar-refractivity contribution in [2.75, 3.05) is 12.3 Å². The molecule has 1 aliphatic heterocycles. The first-order valence-corrected chi connectivity index (χ1v) is 8.22. The Morgan fingerprint density at radius 1 is 1.29 bits per heavy atom. The van der Waals surface area contributed by atoms with Crippen LogP contribution in [0.4, 0.5) is 4.79 Å². The van der Waals surface area contributed by atoms with Gasteiger partial charge in [0.05, 0.1) is 5.75 Å². The smallest absolute Gasteiger partial charge is 0.322 e. The minimum absolute atomic E-state index is 0.185. The van der Waals surface area contributed by atoms with Crippen LogP contribution in [0.25, 0.3) is 0 Å². The van der Waals surface area contributed by atoms with Gasteiger partial charge < -0.3 is 5.32 Å². The predicted octanol–water partition coefficient (Wildman–Crippen LogP) is 0.00990. The predicted molar refractivity (Wildman–Crippen MR) is 77.4 cm³/mol. The van der Waals surface area contributed by atoms with Gasteiger partial charge in [0.2, 0.25) is 10.0 Å². The highest BCUT2D eigenvalue weighted by Crippen LogP contribution is 2.10. The van der Waals surface area contributed by atoms with Crippen LogP contribution in [0.1, 0.15) is 5.56 Å². The van der Waals surface area contributed by atoms with Crippen molar-refractivity contribution < 1.29 is 18.0 Å². The van der Waals surface area contributed by atoms with Gasteiger partial charge in [-0.2, -0.15) is 0 Å². The van der Waals surface area contributed by atoms with E-state index in [0.717, 1.165) is 5.56 Å². The summed E-state index contributed by atoms with van der Waals surface area (Å²) >= 11 is 5.83. The Morgan fingerprint density at radius 3 is 2.67 bits per heavy atom. The Labute approximate surface area is 127 Å². The molecule has 1 aromatic rings. The third-order valence-corrected chi connectivity index (χ3v) is 4.52. The standard InChI is InChI=1S/C12H14ClN3O4S/c13-9-3-1-2-8(6-9)4-5-14-21(19,20)7-10-11(17)16-12(18)15-10/h1-3,6,10,14H,4-5,7H2,(H2,15,16,17,18)/t10-/m0/s1. The van der Waals surface area contributed by atoms with Gasteiger partial charge in [0.15, 0.2) is 0 Å². The fraction of sp³-hybridized carbons (Fsp3) is 0.333. The van der Waals surface area contributed by atoms with E-state index >= 15 is 0 Å². The average molecular weight is 332 g/mol. The first kappa shape index (κ1) is 15.7. The number of amides is 3. The van der Waals surface area contributed by atoms with Gasteiger partial charge in [-0.3, -0.25) is 10.1 Å². The molecule has 0 saturated carbocycles. The molecule has 3 N–H and O–H groups in total. The largest absolute Gasteiger partial charge is 0.325 e. The lowest BCUT2D eigenvalue weighted by Gasteiger charge is -2.10. The summed E-state index contributed by atoms with van der Waals surface area (Å²) in [5.41, 5.74) is 0.900. The number of imide groups is 1. The van der Waals surface area contributed by atoms with Crippen LogP contribution in [0.5, 0.6) is 0 Å². The van der Waals surface area contributed by atoms with Crippen LogP contribution in [0, 0.1) is 0 Å². The second-order valence-corrected chi connectivity index (χ2v) is 6.86. The summed E-state index contributed by atoms with van der Waals surface area (Å²) in [5, 5.41) is 4.80.